The number of nitrogens with one attached hydrogen (secondary N) is 2. The van der Waals surface area contributed by atoms with Gasteiger partial charge in [-0.15, -0.1) is 0 Å². The van der Waals surface area contributed by atoms with Crippen LogP contribution in [0.4, 0.5) is 11.4 Å². The van der Waals surface area contributed by atoms with Crippen LogP contribution in [0.2, 0.25) is 0 Å². The van der Waals surface area contributed by atoms with Gasteiger partial charge in [0.25, 0.3) is 5.91 Å². The first kappa shape index (κ1) is 25.1. The van der Waals surface area contributed by atoms with Crippen molar-refractivity contribution in [3.63, 3.8) is 0 Å². The van der Waals surface area contributed by atoms with Crippen LogP contribution >= 0.6 is 0 Å². The van der Waals surface area contributed by atoms with E-state index in [0.29, 0.717) is 30.2 Å². The predicted octanol–water partition coefficient (Wildman–Crippen LogP) is 3.18. The van der Waals surface area contributed by atoms with Crippen molar-refractivity contribution in [1.29, 1.82) is 0 Å². The second kappa shape index (κ2) is 11.1. The first-order chi connectivity index (χ1) is 17.4. The summed E-state index contributed by atoms with van der Waals surface area (Å²) in [4.78, 5) is 25.8. The maximum atomic E-state index is 13.0. The van der Waals surface area contributed by atoms with Crippen molar-refractivity contribution in [1.82, 2.24) is 5.32 Å². The highest BCUT2D eigenvalue weighted by Crippen LogP contribution is 2.36. The molecule has 0 saturated carbocycles. The summed E-state index contributed by atoms with van der Waals surface area (Å²) in [5, 5.41) is 5.55. The average Bonchev–Trinajstić information content (AvgIpc) is 3.36. The fourth-order valence-electron chi connectivity index (χ4n) is 3.72. The fraction of sp³-hybridized carbons (Fsp3) is 0.231. The third kappa shape index (κ3) is 5.95. The summed E-state index contributed by atoms with van der Waals surface area (Å²) >= 11 is 0. The number of carbonyl (C=O) groups is 2. The van der Waals surface area contributed by atoms with Gasteiger partial charge in [-0.05, 0) is 43.2 Å². The molecule has 0 fully saturated rings. The molecule has 36 heavy (non-hydrogen) atoms. The van der Waals surface area contributed by atoms with Crippen LogP contribution in [0.3, 0.4) is 0 Å². The highest BCUT2D eigenvalue weighted by atomic mass is 32.2. The topological polar surface area (TPSA) is 114 Å². The van der Waals surface area contributed by atoms with E-state index in [9.17, 15) is 18.0 Å². The number of para-hydroxylation sites is 1. The van der Waals surface area contributed by atoms with E-state index in [2.05, 4.69) is 10.6 Å². The number of rotatable bonds is 10. The number of carbonyl (C=O) groups excluding carboxylic acids is 2. The summed E-state index contributed by atoms with van der Waals surface area (Å²) in [6.07, 6.45) is 0.667. The Bertz CT molecular complexity index is 1340. The summed E-state index contributed by atoms with van der Waals surface area (Å²) in [6.45, 7) is 1.50. The van der Waals surface area contributed by atoms with Crippen molar-refractivity contribution in [2.75, 3.05) is 35.3 Å². The number of anilines is 2. The van der Waals surface area contributed by atoms with Crippen LogP contribution in [0.1, 0.15) is 22.8 Å². The smallest absolute Gasteiger partial charge is 0.253 e. The Balaban J connectivity index is 1.46. The first-order valence-electron chi connectivity index (χ1n) is 11.5. The molecule has 0 spiro atoms. The number of benzene rings is 3. The molecule has 2 N–H and O–H groups in total. The Morgan fingerprint density at radius 2 is 1.67 bits per heavy atom. The van der Waals surface area contributed by atoms with E-state index in [4.69, 9.17) is 9.47 Å². The molecule has 1 aliphatic rings. The quantitative estimate of drug-likeness (QED) is 0.434. The summed E-state index contributed by atoms with van der Waals surface area (Å²) in [5.41, 5.74) is 1.95. The Morgan fingerprint density at radius 3 is 2.44 bits per heavy atom. The molecule has 2 amide bonds. The van der Waals surface area contributed by atoms with Crippen molar-refractivity contribution in [3.8, 4) is 11.5 Å². The van der Waals surface area contributed by atoms with E-state index < -0.39 is 22.5 Å². The van der Waals surface area contributed by atoms with Crippen molar-refractivity contribution in [3.05, 3.63) is 83.9 Å². The molecule has 1 aliphatic heterocycles. The maximum Gasteiger partial charge on any atom is 0.253 e. The molecule has 0 radical (unpaired) electrons. The largest absolute Gasteiger partial charge is 0.454 e. The van der Waals surface area contributed by atoms with Gasteiger partial charge in [0.15, 0.2) is 11.5 Å². The van der Waals surface area contributed by atoms with E-state index in [0.717, 1.165) is 9.87 Å². The highest BCUT2D eigenvalue weighted by molar-refractivity contribution is 7.92. The maximum absolute atomic E-state index is 13.0. The second-order valence-corrected chi connectivity index (χ2v) is 10.2. The van der Waals surface area contributed by atoms with Gasteiger partial charge in [0.1, 0.15) is 6.54 Å². The summed E-state index contributed by atoms with van der Waals surface area (Å²) < 4.78 is 37.3. The highest BCUT2D eigenvalue weighted by Gasteiger charge is 2.26. The molecule has 0 bridgehead atoms. The standard InChI is InChI=1S/C26H27N3O6S/c1-2-36(32,33)29(20-12-13-23-24(16-20)35-18-34-23)17-25(30)28-22-11-7-6-10-21(22)26(31)27-15-14-19-8-4-3-5-9-19/h3-13,16H,2,14-15,17-18H2,1H3,(H,27,31)(H,28,30). The van der Waals surface area contributed by atoms with Crippen molar-refractivity contribution >= 4 is 33.2 Å². The fourth-order valence-corrected chi connectivity index (χ4v) is 4.78. The Labute approximate surface area is 210 Å². The van der Waals surface area contributed by atoms with Gasteiger partial charge in [0.05, 0.1) is 22.7 Å². The monoisotopic (exact) mass is 509 g/mol. The van der Waals surface area contributed by atoms with Crippen LogP contribution in [0.5, 0.6) is 11.5 Å². The Morgan fingerprint density at radius 1 is 0.944 bits per heavy atom. The van der Waals surface area contributed by atoms with Crippen molar-refractivity contribution in [2.45, 2.75) is 13.3 Å². The molecular weight excluding hydrogens is 482 g/mol. The number of ether oxygens (including phenoxy) is 2. The zero-order valence-electron chi connectivity index (χ0n) is 19.8. The summed E-state index contributed by atoms with van der Waals surface area (Å²) in [6, 6.07) is 21.0. The lowest BCUT2D eigenvalue weighted by Crippen LogP contribution is -2.39. The van der Waals surface area contributed by atoms with Gasteiger partial charge in [0, 0.05) is 12.6 Å². The van der Waals surface area contributed by atoms with E-state index >= 15 is 0 Å². The minimum absolute atomic E-state index is 0.0456. The molecule has 9 nitrogen and oxygen atoms in total. The van der Waals surface area contributed by atoms with Crippen LogP contribution in [0, 0.1) is 0 Å². The van der Waals surface area contributed by atoms with Gasteiger partial charge in [-0.1, -0.05) is 42.5 Å². The van der Waals surface area contributed by atoms with Crippen LogP contribution in [-0.4, -0.2) is 45.9 Å². The normalized spacial score (nSPS) is 12.1. The molecule has 0 aromatic heterocycles. The molecule has 10 heteroatoms. The molecule has 0 aliphatic carbocycles. The second-order valence-electron chi connectivity index (χ2n) is 8.03. The van der Waals surface area contributed by atoms with Gasteiger partial charge in [-0.3, -0.25) is 13.9 Å². The molecule has 1 heterocycles. The van der Waals surface area contributed by atoms with Crippen LogP contribution in [0.25, 0.3) is 0 Å². The van der Waals surface area contributed by atoms with Crippen LogP contribution < -0.4 is 24.4 Å². The third-order valence-corrected chi connectivity index (χ3v) is 7.36. The molecule has 0 unspecified atom stereocenters. The number of hydrogen-bond donors (Lipinski definition) is 2. The Hall–Kier alpha value is -4.05. The zero-order chi connectivity index (χ0) is 25.5. The van der Waals surface area contributed by atoms with Gasteiger partial charge in [0.2, 0.25) is 22.7 Å². The average molecular weight is 510 g/mol. The first-order valence-corrected chi connectivity index (χ1v) is 13.1. The van der Waals surface area contributed by atoms with Gasteiger partial charge < -0.3 is 20.1 Å². The number of nitrogens with zero attached hydrogens (tertiary/aromatic N) is 1. The molecule has 4 rings (SSSR count). The van der Waals surface area contributed by atoms with Gasteiger partial charge in [-0.2, -0.15) is 0 Å². The lowest BCUT2D eigenvalue weighted by atomic mass is 10.1. The molecule has 3 aromatic rings. The van der Waals surface area contributed by atoms with E-state index in [1.165, 1.54) is 13.0 Å². The summed E-state index contributed by atoms with van der Waals surface area (Å²) in [5.74, 6) is -0.217. The number of fused-ring (bicyclic) bond motifs is 1. The SMILES string of the molecule is CCS(=O)(=O)N(CC(=O)Nc1ccccc1C(=O)NCCc1ccccc1)c1ccc2c(c1)OCO2. The minimum Gasteiger partial charge on any atom is -0.454 e. The van der Waals surface area contributed by atoms with Crippen molar-refractivity contribution in [2.24, 2.45) is 0 Å². The molecule has 3 aromatic carbocycles. The van der Waals surface area contributed by atoms with E-state index in [1.54, 1.807) is 36.4 Å². The zero-order valence-corrected chi connectivity index (χ0v) is 20.6. The van der Waals surface area contributed by atoms with Crippen LogP contribution in [0.15, 0.2) is 72.8 Å². The lowest BCUT2D eigenvalue weighted by Gasteiger charge is -2.23. The van der Waals surface area contributed by atoms with E-state index in [1.807, 2.05) is 30.3 Å². The van der Waals surface area contributed by atoms with Gasteiger partial charge >= 0.3 is 0 Å². The lowest BCUT2D eigenvalue weighted by molar-refractivity contribution is -0.114. The molecule has 188 valence electrons. The molecular formula is C26H27N3O6S. The van der Waals surface area contributed by atoms with Crippen LogP contribution in [-0.2, 0) is 21.2 Å². The molecule has 0 saturated heterocycles. The van der Waals surface area contributed by atoms with Crippen molar-refractivity contribution < 1.29 is 27.5 Å². The summed E-state index contributed by atoms with van der Waals surface area (Å²) in [7, 11) is -3.79. The van der Waals surface area contributed by atoms with Gasteiger partial charge in [-0.25, -0.2) is 8.42 Å². The number of sulfonamides is 1. The number of hydrogen-bond acceptors (Lipinski definition) is 6. The van der Waals surface area contributed by atoms with E-state index in [-0.39, 0.29) is 29.7 Å². The molecule has 0 atom stereocenters. The Kier molecular flexibility index (Phi) is 7.74. The number of amides is 2. The minimum atomic E-state index is -3.79. The third-order valence-electron chi connectivity index (χ3n) is 5.62. The predicted molar refractivity (Wildman–Crippen MR) is 137 cm³/mol.